The summed E-state index contributed by atoms with van der Waals surface area (Å²) in [6, 6.07) is 16.4. The molecule has 23 heavy (non-hydrogen) atoms. The van der Waals surface area contributed by atoms with Gasteiger partial charge in [0, 0.05) is 0 Å². The number of nitrogens with one attached hydrogen (secondary N) is 2. The fourth-order valence-corrected chi connectivity index (χ4v) is 2.03. The van der Waals surface area contributed by atoms with Crippen LogP contribution in [0.4, 0.5) is 11.4 Å². The molecule has 5 heteroatoms. The van der Waals surface area contributed by atoms with Crippen LogP contribution in [0.2, 0.25) is 0 Å². The maximum absolute atomic E-state index is 12.1. The van der Waals surface area contributed by atoms with Crippen molar-refractivity contribution < 1.29 is 9.53 Å². The highest BCUT2D eigenvalue weighted by Crippen LogP contribution is 2.24. The van der Waals surface area contributed by atoms with Crippen molar-refractivity contribution in [3.05, 3.63) is 54.1 Å². The summed E-state index contributed by atoms with van der Waals surface area (Å²) in [5.41, 5.74) is 1.77. The normalized spacial score (nSPS) is 10.0. The Morgan fingerprint density at radius 2 is 1.78 bits per heavy atom. The van der Waals surface area contributed by atoms with Gasteiger partial charge in [-0.15, -0.1) is 0 Å². The maximum atomic E-state index is 12.1. The first-order valence-corrected chi connectivity index (χ1v) is 7.38. The Morgan fingerprint density at radius 1 is 1.13 bits per heavy atom. The van der Waals surface area contributed by atoms with Crippen LogP contribution in [0.15, 0.2) is 48.5 Å². The molecule has 0 aliphatic rings. The number of rotatable bonds is 6. The van der Waals surface area contributed by atoms with Gasteiger partial charge in [0.25, 0.3) is 0 Å². The van der Waals surface area contributed by atoms with E-state index in [2.05, 4.69) is 16.7 Å². The molecule has 0 saturated carbocycles. The zero-order chi connectivity index (χ0) is 16.7. The highest BCUT2D eigenvalue weighted by Gasteiger charge is 2.09. The largest absolute Gasteiger partial charge is 0.489 e. The first-order valence-electron chi connectivity index (χ1n) is 7.38. The van der Waals surface area contributed by atoms with E-state index in [9.17, 15) is 4.79 Å². The molecule has 0 unspecified atom stereocenters. The third kappa shape index (κ3) is 4.75. The smallest absolute Gasteiger partial charge is 0.243 e. The van der Waals surface area contributed by atoms with Gasteiger partial charge in [0.1, 0.15) is 11.8 Å². The van der Waals surface area contributed by atoms with Crippen LogP contribution < -0.4 is 15.4 Å². The third-order valence-corrected chi connectivity index (χ3v) is 3.01. The zero-order valence-corrected chi connectivity index (χ0v) is 13.2. The molecule has 2 N–H and O–H groups in total. The predicted molar refractivity (Wildman–Crippen MR) is 90.5 cm³/mol. The summed E-state index contributed by atoms with van der Waals surface area (Å²) in [6.07, 6.45) is 0.0219. The second kappa shape index (κ2) is 7.85. The van der Waals surface area contributed by atoms with Gasteiger partial charge in [-0.25, -0.2) is 0 Å². The average molecular weight is 309 g/mol. The Labute approximate surface area is 135 Å². The summed E-state index contributed by atoms with van der Waals surface area (Å²) in [4.78, 5) is 12.1. The molecule has 2 aromatic carbocycles. The van der Waals surface area contributed by atoms with Gasteiger partial charge in [0.15, 0.2) is 0 Å². The lowest BCUT2D eigenvalue weighted by atomic mass is 10.2. The van der Waals surface area contributed by atoms with Gasteiger partial charge in [-0.2, -0.15) is 5.26 Å². The Balaban J connectivity index is 1.99. The summed E-state index contributed by atoms with van der Waals surface area (Å²) in [7, 11) is 0. The summed E-state index contributed by atoms with van der Waals surface area (Å²) in [5, 5.41) is 14.8. The zero-order valence-electron chi connectivity index (χ0n) is 13.2. The van der Waals surface area contributed by atoms with Gasteiger partial charge >= 0.3 is 0 Å². The Bertz CT molecular complexity index is 720. The standard InChI is InChI=1S/C18H19N3O2/c1-13(2)23-17-10-6-5-9-16(17)21-18(22)12-20-15-8-4-3-7-14(15)11-19/h3-10,13,20H,12H2,1-2H3,(H,21,22). The fraction of sp³-hybridized carbons (Fsp3) is 0.222. The van der Waals surface area contributed by atoms with Crippen LogP contribution >= 0.6 is 0 Å². The maximum Gasteiger partial charge on any atom is 0.243 e. The van der Waals surface area contributed by atoms with Crippen molar-refractivity contribution in [3.63, 3.8) is 0 Å². The highest BCUT2D eigenvalue weighted by atomic mass is 16.5. The quantitative estimate of drug-likeness (QED) is 0.857. The predicted octanol–water partition coefficient (Wildman–Crippen LogP) is 3.40. The molecular weight excluding hydrogens is 290 g/mol. The van der Waals surface area contributed by atoms with E-state index in [4.69, 9.17) is 10.00 Å². The SMILES string of the molecule is CC(C)Oc1ccccc1NC(=O)CNc1ccccc1C#N. The number of nitrogens with zero attached hydrogens (tertiary/aromatic N) is 1. The number of ether oxygens (including phenoxy) is 1. The van der Waals surface area contributed by atoms with E-state index >= 15 is 0 Å². The van der Waals surface area contributed by atoms with Crippen LogP contribution in [0.5, 0.6) is 5.75 Å². The van der Waals surface area contributed by atoms with Crippen LogP contribution in [-0.4, -0.2) is 18.6 Å². The summed E-state index contributed by atoms with van der Waals surface area (Å²) >= 11 is 0. The van der Waals surface area contributed by atoms with Crippen molar-refractivity contribution in [2.24, 2.45) is 0 Å². The molecule has 0 aromatic heterocycles. The minimum Gasteiger partial charge on any atom is -0.489 e. The minimum absolute atomic E-state index is 0.0219. The second-order valence-electron chi connectivity index (χ2n) is 5.22. The number of anilines is 2. The summed E-state index contributed by atoms with van der Waals surface area (Å²) < 4.78 is 5.67. The van der Waals surface area contributed by atoms with Crippen molar-refractivity contribution in [2.45, 2.75) is 20.0 Å². The van der Waals surface area contributed by atoms with Gasteiger partial charge in [0.05, 0.1) is 29.6 Å². The summed E-state index contributed by atoms with van der Waals surface area (Å²) in [6.45, 7) is 3.92. The molecule has 118 valence electrons. The van der Waals surface area contributed by atoms with Crippen molar-refractivity contribution >= 4 is 17.3 Å². The molecule has 0 fully saturated rings. The number of hydrogen-bond donors (Lipinski definition) is 2. The Morgan fingerprint density at radius 3 is 2.48 bits per heavy atom. The van der Waals surface area contributed by atoms with Gasteiger partial charge < -0.3 is 15.4 Å². The molecule has 0 spiro atoms. The molecule has 0 aliphatic heterocycles. The van der Waals surface area contributed by atoms with Gasteiger partial charge in [-0.1, -0.05) is 24.3 Å². The van der Waals surface area contributed by atoms with Gasteiger partial charge in [0.2, 0.25) is 5.91 Å². The van der Waals surface area contributed by atoms with Crippen molar-refractivity contribution in [1.82, 2.24) is 0 Å². The lowest BCUT2D eigenvalue weighted by Gasteiger charge is -2.15. The number of carbonyl (C=O) groups is 1. The number of benzene rings is 2. The minimum atomic E-state index is -0.211. The molecule has 0 heterocycles. The Hall–Kier alpha value is -3.00. The van der Waals surface area contributed by atoms with E-state index in [1.807, 2.05) is 38.1 Å². The molecular formula is C18H19N3O2. The van der Waals surface area contributed by atoms with Crippen LogP contribution in [0, 0.1) is 11.3 Å². The van der Waals surface area contributed by atoms with E-state index in [1.54, 1.807) is 24.3 Å². The molecule has 2 rings (SSSR count). The first kappa shape index (κ1) is 16.4. The molecule has 0 saturated heterocycles. The van der Waals surface area contributed by atoms with Crippen molar-refractivity contribution in [2.75, 3.05) is 17.2 Å². The van der Waals surface area contributed by atoms with Crippen LogP contribution in [0.1, 0.15) is 19.4 Å². The van der Waals surface area contributed by atoms with Crippen LogP contribution in [0.25, 0.3) is 0 Å². The van der Waals surface area contributed by atoms with Crippen molar-refractivity contribution in [1.29, 1.82) is 5.26 Å². The molecule has 0 radical (unpaired) electrons. The van der Waals surface area contributed by atoms with E-state index in [0.29, 0.717) is 22.7 Å². The topological polar surface area (TPSA) is 74.2 Å². The number of amides is 1. The molecule has 1 amide bonds. The van der Waals surface area contributed by atoms with Gasteiger partial charge in [-0.05, 0) is 38.1 Å². The molecule has 0 bridgehead atoms. The second-order valence-corrected chi connectivity index (χ2v) is 5.22. The monoisotopic (exact) mass is 309 g/mol. The molecule has 0 aliphatic carbocycles. The number of hydrogen-bond acceptors (Lipinski definition) is 4. The first-order chi connectivity index (χ1) is 11.1. The third-order valence-electron chi connectivity index (χ3n) is 3.01. The number of nitriles is 1. The number of carbonyl (C=O) groups excluding carboxylic acids is 1. The highest BCUT2D eigenvalue weighted by molar-refractivity contribution is 5.95. The molecule has 2 aromatic rings. The lowest BCUT2D eigenvalue weighted by Crippen LogP contribution is -2.22. The van der Waals surface area contributed by atoms with Crippen LogP contribution in [-0.2, 0) is 4.79 Å². The number of para-hydroxylation sites is 3. The van der Waals surface area contributed by atoms with Gasteiger partial charge in [-0.3, -0.25) is 4.79 Å². The van der Waals surface area contributed by atoms with E-state index in [1.165, 1.54) is 0 Å². The molecule has 5 nitrogen and oxygen atoms in total. The molecule has 0 atom stereocenters. The van der Waals surface area contributed by atoms with E-state index in [0.717, 1.165) is 0 Å². The van der Waals surface area contributed by atoms with Crippen molar-refractivity contribution in [3.8, 4) is 11.8 Å². The van der Waals surface area contributed by atoms with E-state index < -0.39 is 0 Å². The summed E-state index contributed by atoms with van der Waals surface area (Å²) in [5.74, 6) is 0.422. The van der Waals surface area contributed by atoms with E-state index in [-0.39, 0.29) is 18.6 Å². The lowest BCUT2D eigenvalue weighted by molar-refractivity contribution is -0.114. The van der Waals surface area contributed by atoms with Crippen LogP contribution in [0.3, 0.4) is 0 Å². The average Bonchev–Trinajstić information content (AvgIpc) is 2.54. The fourth-order valence-electron chi connectivity index (χ4n) is 2.03. The Kier molecular flexibility index (Phi) is 5.59.